The highest BCUT2D eigenvalue weighted by atomic mass is 35.5. The Balaban J connectivity index is 0.000000591. The molecule has 0 unspecified atom stereocenters. The summed E-state index contributed by atoms with van der Waals surface area (Å²) >= 11 is 11.9. The average molecular weight is 685 g/mol. The molecule has 240 valence electrons. The van der Waals surface area contributed by atoms with E-state index in [0.29, 0.717) is 28.5 Å². The fraction of sp³-hybridized carbons (Fsp3) is 0.300. The van der Waals surface area contributed by atoms with Gasteiger partial charge in [-0.1, -0.05) is 53.5 Å². The number of carboxylic acid groups (broad SMARTS) is 1. The number of benzene rings is 3. The number of nitrogens with one attached hydrogen (secondary N) is 3. The summed E-state index contributed by atoms with van der Waals surface area (Å²) in [5.41, 5.74) is 1.84. The molecule has 0 aliphatic heterocycles. The Morgan fingerprint density at radius 1 is 0.867 bits per heavy atom. The van der Waals surface area contributed by atoms with Gasteiger partial charge < -0.3 is 15.7 Å². The first-order valence-corrected chi connectivity index (χ1v) is 16.1. The molecule has 5 rings (SSSR count). The summed E-state index contributed by atoms with van der Waals surface area (Å²) in [4.78, 5) is 18.5. The van der Waals surface area contributed by atoms with Crippen LogP contribution < -0.4 is 15.4 Å². The second kappa shape index (κ2) is 15.1. The molecule has 1 aromatic heterocycles. The van der Waals surface area contributed by atoms with Crippen LogP contribution >= 0.6 is 23.2 Å². The van der Waals surface area contributed by atoms with E-state index in [1.165, 1.54) is 18.2 Å². The van der Waals surface area contributed by atoms with E-state index in [2.05, 4.69) is 15.4 Å². The van der Waals surface area contributed by atoms with Gasteiger partial charge in [-0.05, 0) is 80.0 Å². The number of anilines is 3. The normalized spacial score (nSPS) is 16.8. The quantitative estimate of drug-likeness (QED) is 0.142. The SMILES string of the molecule is O=C(O)C(F)(F)F.O=S(=O)(NCC1CCC(CNc2nc(Nc3ccccc3)c3ccccc3n2)CC1)c1cc(Cl)cc(Cl)c1. The molecule has 0 saturated heterocycles. The molecular weight excluding hydrogens is 654 g/mol. The first-order valence-electron chi connectivity index (χ1n) is 13.9. The minimum atomic E-state index is -5.08. The van der Waals surface area contributed by atoms with E-state index in [4.69, 9.17) is 43.1 Å². The number of fused-ring (bicyclic) bond motifs is 1. The van der Waals surface area contributed by atoms with Crippen molar-refractivity contribution < 1.29 is 31.5 Å². The summed E-state index contributed by atoms with van der Waals surface area (Å²) in [6.45, 7) is 1.16. The number of para-hydroxylation sites is 2. The Morgan fingerprint density at radius 2 is 1.42 bits per heavy atom. The summed E-state index contributed by atoms with van der Waals surface area (Å²) in [6.07, 6.45) is -1.18. The summed E-state index contributed by atoms with van der Waals surface area (Å²) in [5, 5.41) is 15.5. The van der Waals surface area contributed by atoms with Gasteiger partial charge >= 0.3 is 12.1 Å². The molecule has 0 amide bonds. The maximum atomic E-state index is 12.7. The Bertz CT molecular complexity index is 1700. The van der Waals surface area contributed by atoms with Crippen LogP contribution in [0.3, 0.4) is 0 Å². The summed E-state index contributed by atoms with van der Waals surface area (Å²) in [7, 11) is -3.66. The lowest BCUT2D eigenvalue weighted by molar-refractivity contribution is -0.192. The van der Waals surface area contributed by atoms with Gasteiger partial charge in [-0.25, -0.2) is 22.9 Å². The molecule has 45 heavy (non-hydrogen) atoms. The lowest BCUT2D eigenvalue weighted by Gasteiger charge is -2.28. The van der Waals surface area contributed by atoms with Crippen molar-refractivity contribution >= 4 is 67.6 Å². The molecule has 0 radical (unpaired) electrons. The number of hydrogen-bond donors (Lipinski definition) is 4. The Kier molecular flexibility index (Phi) is 11.5. The standard InChI is InChI=1S/C28H29Cl2N5O2S.C2HF3O2/c29-21-14-22(30)16-24(15-21)38(36,37)32-18-20-12-10-19(11-13-20)17-31-28-34-26-9-5-4-8-25(26)27(35-28)33-23-6-2-1-3-7-23;3-2(4,5)1(6)7/h1-9,14-16,19-20,32H,10-13,17-18H2,(H2,31,33,34,35);(H,6,7). The van der Waals surface area contributed by atoms with Gasteiger partial charge in [0, 0.05) is 34.2 Å². The maximum absolute atomic E-state index is 12.7. The third kappa shape index (κ3) is 10.2. The molecule has 4 aromatic rings. The number of carbonyl (C=O) groups is 1. The van der Waals surface area contributed by atoms with Crippen LogP contribution in [0.15, 0.2) is 77.7 Å². The van der Waals surface area contributed by atoms with Crippen molar-refractivity contribution in [1.82, 2.24) is 14.7 Å². The molecular formula is C30H30Cl2F3N5O4S. The van der Waals surface area contributed by atoms with E-state index >= 15 is 0 Å². The molecule has 4 N–H and O–H groups in total. The van der Waals surface area contributed by atoms with Crippen molar-refractivity contribution in [3.05, 3.63) is 82.8 Å². The maximum Gasteiger partial charge on any atom is 0.490 e. The topological polar surface area (TPSA) is 133 Å². The molecule has 0 spiro atoms. The van der Waals surface area contributed by atoms with E-state index in [1.807, 2.05) is 54.6 Å². The number of aliphatic carboxylic acids is 1. The van der Waals surface area contributed by atoms with Crippen molar-refractivity contribution in [2.75, 3.05) is 23.7 Å². The number of rotatable bonds is 9. The van der Waals surface area contributed by atoms with E-state index in [0.717, 1.165) is 54.6 Å². The predicted octanol–water partition coefficient (Wildman–Crippen LogP) is 7.51. The highest BCUT2D eigenvalue weighted by Gasteiger charge is 2.38. The minimum Gasteiger partial charge on any atom is -0.475 e. The molecule has 1 fully saturated rings. The zero-order valence-electron chi connectivity index (χ0n) is 23.7. The number of alkyl halides is 3. The molecule has 15 heteroatoms. The smallest absolute Gasteiger partial charge is 0.475 e. The van der Waals surface area contributed by atoms with Crippen LogP contribution in [0.4, 0.5) is 30.6 Å². The molecule has 1 saturated carbocycles. The van der Waals surface area contributed by atoms with Gasteiger partial charge in [-0.3, -0.25) is 0 Å². The van der Waals surface area contributed by atoms with Gasteiger partial charge in [0.1, 0.15) is 5.82 Å². The highest BCUT2D eigenvalue weighted by molar-refractivity contribution is 7.89. The summed E-state index contributed by atoms with van der Waals surface area (Å²) < 4.78 is 59.8. The second-order valence-electron chi connectivity index (χ2n) is 10.4. The summed E-state index contributed by atoms with van der Waals surface area (Å²) in [5.74, 6) is -0.643. The fourth-order valence-electron chi connectivity index (χ4n) is 4.78. The molecule has 1 heterocycles. The van der Waals surface area contributed by atoms with E-state index < -0.39 is 22.2 Å². The van der Waals surface area contributed by atoms with Crippen molar-refractivity contribution in [2.24, 2.45) is 11.8 Å². The fourth-order valence-corrected chi connectivity index (χ4v) is 6.62. The molecule has 1 aliphatic rings. The number of aromatic nitrogens is 2. The van der Waals surface area contributed by atoms with Crippen LogP contribution in [-0.2, 0) is 14.8 Å². The molecule has 9 nitrogen and oxygen atoms in total. The van der Waals surface area contributed by atoms with Gasteiger partial charge in [0.25, 0.3) is 0 Å². The predicted molar refractivity (Wildman–Crippen MR) is 169 cm³/mol. The average Bonchev–Trinajstić information content (AvgIpc) is 2.99. The lowest BCUT2D eigenvalue weighted by Crippen LogP contribution is -2.32. The Morgan fingerprint density at radius 3 is 2.02 bits per heavy atom. The Labute approximate surface area is 268 Å². The van der Waals surface area contributed by atoms with Crippen LogP contribution in [-0.4, -0.2) is 48.7 Å². The largest absolute Gasteiger partial charge is 0.490 e. The monoisotopic (exact) mass is 683 g/mol. The van der Waals surface area contributed by atoms with Gasteiger partial charge in [-0.2, -0.15) is 18.2 Å². The van der Waals surface area contributed by atoms with Crippen LogP contribution in [0.5, 0.6) is 0 Å². The van der Waals surface area contributed by atoms with E-state index in [-0.39, 0.29) is 10.8 Å². The van der Waals surface area contributed by atoms with Gasteiger partial charge in [0.05, 0.1) is 10.4 Å². The molecule has 1 aliphatic carbocycles. The number of sulfonamides is 1. The molecule has 3 aromatic carbocycles. The zero-order valence-corrected chi connectivity index (χ0v) is 26.0. The Hall–Kier alpha value is -3.65. The van der Waals surface area contributed by atoms with Crippen LogP contribution in [0.25, 0.3) is 10.9 Å². The van der Waals surface area contributed by atoms with Gasteiger partial charge in [-0.15, -0.1) is 0 Å². The second-order valence-corrected chi connectivity index (χ2v) is 13.1. The van der Waals surface area contributed by atoms with Crippen LogP contribution in [0, 0.1) is 11.8 Å². The van der Waals surface area contributed by atoms with Crippen molar-refractivity contribution in [3.63, 3.8) is 0 Å². The van der Waals surface area contributed by atoms with E-state index in [1.54, 1.807) is 0 Å². The number of halogens is 5. The summed E-state index contributed by atoms with van der Waals surface area (Å²) in [6, 6.07) is 22.3. The third-order valence-electron chi connectivity index (χ3n) is 7.11. The van der Waals surface area contributed by atoms with E-state index in [9.17, 15) is 21.6 Å². The number of nitrogens with zero attached hydrogens (tertiary/aromatic N) is 2. The molecule has 0 bridgehead atoms. The first kappa shape index (κ1) is 34.2. The minimum absolute atomic E-state index is 0.0874. The van der Waals surface area contributed by atoms with Crippen molar-refractivity contribution in [3.8, 4) is 0 Å². The zero-order chi connectivity index (χ0) is 32.6. The van der Waals surface area contributed by atoms with Crippen LogP contribution in [0.1, 0.15) is 25.7 Å². The number of hydrogen-bond acceptors (Lipinski definition) is 7. The van der Waals surface area contributed by atoms with Gasteiger partial charge in [0.15, 0.2) is 0 Å². The van der Waals surface area contributed by atoms with Crippen molar-refractivity contribution in [2.45, 2.75) is 36.8 Å². The first-order chi connectivity index (χ1) is 21.3. The number of carboxylic acids is 1. The third-order valence-corrected chi connectivity index (χ3v) is 8.95. The van der Waals surface area contributed by atoms with Crippen molar-refractivity contribution in [1.29, 1.82) is 0 Å². The van der Waals surface area contributed by atoms with Crippen LogP contribution in [0.2, 0.25) is 10.0 Å². The highest BCUT2D eigenvalue weighted by Crippen LogP contribution is 2.30. The molecule has 0 atom stereocenters. The van der Waals surface area contributed by atoms with Gasteiger partial charge in [0.2, 0.25) is 16.0 Å². The lowest BCUT2D eigenvalue weighted by atomic mass is 9.82.